The monoisotopic (exact) mass is 281 g/mol. The maximum atomic E-state index is 11.5. The van der Waals surface area contributed by atoms with Gasteiger partial charge in [0, 0.05) is 18.1 Å². The van der Waals surface area contributed by atoms with E-state index >= 15 is 0 Å². The Morgan fingerprint density at radius 3 is 2.95 bits per heavy atom. The van der Waals surface area contributed by atoms with Crippen molar-refractivity contribution in [2.45, 2.75) is 32.7 Å². The Hall–Kier alpha value is -1.06. The molecule has 0 aromatic heterocycles. The minimum absolute atomic E-state index is 0.548. The van der Waals surface area contributed by atoms with Crippen LogP contribution in [0, 0.1) is 5.41 Å². The van der Waals surface area contributed by atoms with Crippen molar-refractivity contribution >= 4 is 17.6 Å². The zero-order valence-electron chi connectivity index (χ0n) is 11.2. The van der Waals surface area contributed by atoms with Crippen molar-refractivity contribution in [3.8, 4) is 0 Å². The highest BCUT2D eigenvalue weighted by Gasteiger charge is 2.43. The van der Waals surface area contributed by atoms with Crippen LogP contribution in [0.3, 0.4) is 0 Å². The minimum atomic E-state index is -0.650. The van der Waals surface area contributed by atoms with Crippen LogP contribution in [0.1, 0.15) is 31.7 Å². The van der Waals surface area contributed by atoms with Crippen LogP contribution in [0.15, 0.2) is 24.3 Å². The number of nitrogens with zero attached hydrogens (tertiary/aromatic N) is 1. The number of carboxylic acids is 1. The number of likely N-dealkylation sites (tertiary alicyclic amines) is 1. The number of hydrogen-bond acceptors (Lipinski definition) is 2. The van der Waals surface area contributed by atoms with E-state index in [1.807, 2.05) is 31.2 Å². The molecule has 0 saturated carbocycles. The Labute approximate surface area is 119 Å². The predicted molar refractivity (Wildman–Crippen MR) is 76.3 cm³/mol. The average molecular weight is 282 g/mol. The van der Waals surface area contributed by atoms with Crippen LogP contribution in [0.25, 0.3) is 0 Å². The molecule has 1 heterocycles. The molecule has 1 saturated heterocycles. The molecule has 3 nitrogen and oxygen atoms in total. The third-order valence-electron chi connectivity index (χ3n) is 3.91. The van der Waals surface area contributed by atoms with Crippen LogP contribution in [0.2, 0.25) is 5.02 Å². The maximum Gasteiger partial charge on any atom is 0.310 e. The molecular formula is C15H20ClNO2. The summed E-state index contributed by atoms with van der Waals surface area (Å²) in [5.41, 5.74) is 0.595. The van der Waals surface area contributed by atoms with Gasteiger partial charge in [0.25, 0.3) is 0 Å². The van der Waals surface area contributed by atoms with Crippen molar-refractivity contribution < 1.29 is 9.90 Å². The van der Waals surface area contributed by atoms with E-state index in [9.17, 15) is 9.90 Å². The van der Waals surface area contributed by atoms with Crippen LogP contribution in [0.4, 0.5) is 0 Å². The number of benzene rings is 1. The molecule has 104 valence electrons. The van der Waals surface area contributed by atoms with Crippen LogP contribution in [0.5, 0.6) is 0 Å². The number of hydrogen-bond donors (Lipinski definition) is 1. The highest BCUT2D eigenvalue weighted by Crippen LogP contribution is 2.36. The van der Waals surface area contributed by atoms with Gasteiger partial charge in [0.2, 0.25) is 0 Å². The first kappa shape index (κ1) is 14.4. The van der Waals surface area contributed by atoms with Gasteiger partial charge >= 0.3 is 5.97 Å². The van der Waals surface area contributed by atoms with Crippen molar-refractivity contribution in [3.05, 3.63) is 34.9 Å². The number of rotatable bonds is 5. The molecule has 1 aliphatic rings. The second-order valence-corrected chi connectivity index (χ2v) is 5.86. The zero-order chi connectivity index (χ0) is 13.9. The number of halogens is 1. The van der Waals surface area contributed by atoms with Gasteiger partial charge in [0.05, 0.1) is 5.41 Å². The van der Waals surface area contributed by atoms with Crippen molar-refractivity contribution in [2.24, 2.45) is 5.41 Å². The summed E-state index contributed by atoms with van der Waals surface area (Å²) in [6.45, 7) is 4.31. The van der Waals surface area contributed by atoms with Gasteiger partial charge in [-0.1, -0.05) is 37.1 Å². The molecule has 0 aliphatic carbocycles. The van der Waals surface area contributed by atoms with E-state index in [-0.39, 0.29) is 0 Å². The van der Waals surface area contributed by atoms with Gasteiger partial charge in [-0.3, -0.25) is 9.69 Å². The summed E-state index contributed by atoms with van der Waals surface area (Å²) in [4.78, 5) is 13.7. The van der Waals surface area contributed by atoms with Crippen molar-refractivity contribution in [1.29, 1.82) is 0 Å². The van der Waals surface area contributed by atoms with E-state index in [0.29, 0.717) is 6.54 Å². The Morgan fingerprint density at radius 2 is 2.32 bits per heavy atom. The van der Waals surface area contributed by atoms with Gasteiger partial charge in [-0.2, -0.15) is 0 Å². The fraction of sp³-hybridized carbons (Fsp3) is 0.533. The highest BCUT2D eigenvalue weighted by molar-refractivity contribution is 6.30. The number of carbonyl (C=O) groups is 1. The van der Waals surface area contributed by atoms with E-state index in [2.05, 4.69) is 4.90 Å². The number of aliphatic carboxylic acids is 1. The lowest BCUT2D eigenvalue weighted by Crippen LogP contribution is -2.34. The van der Waals surface area contributed by atoms with Gasteiger partial charge in [0.1, 0.15) is 0 Å². The SMILES string of the molecule is CCCC1(C(=O)O)CCN(Cc2cccc(Cl)c2)C1. The van der Waals surface area contributed by atoms with Gasteiger partial charge < -0.3 is 5.11 Å². The zero-order valence-corrected chi connectivity index (χ0v) is 12.0. The van der Waals surface area contributed by atoms with E-state index in [4.69, 9.17) is 11.6 Å². The Kier molecular flexibility index (Phi) is 4.48. The van der Waals surface area contributed by atoms with Gasteiger partial charge in [-0.05, 0) is 37.1 Å². The molecule has 0 radical (unpaired) electrons. The molecule has 1 aliphatic heterocycles. The molecule has 1 N–H and O–H groups in total. The molecule has 2 rings (SSSR count). The highest BCUT2D eigenvalue weighted by atomic mass is 35.5. The normalized spacial score (nSPS) is 23.7. The largest absolute Gasteiger partial charge is 0.481 e. The van der Waals surface area contributed by atoms with Gasteiger partial charge in [0.15, 0.2) is 0 Å². The lowest BCUT2D eigenvalue weighted by atomic mass is 9.83. The smallest absolute Gasteiger partial charge is 0.310 e. The minimum Gasteiger partial charge on any atom is -0.481 e. The number of carboxylic acid groups (broad SMARTS) is 1. The summed E-state index contributed by atoms with van der Waals surface area (Å²) in [5, 5.41) is 10.2. The summed E-state index contributed by atoms with van der Waals surface area (Å²) in [6, 6.07) is 7.77. The first-order valence-corrected chi connectivity index (χ1v) is 7.14. The lowest BCUT2D eigenvalue weighted by Gasteiger charge is -2.24. The molecule has 0 spiro atoms. The topological polar surface area (TPSA) is 40.5 Å². The molecule has 1 unspecified atom stereocenters. The van der Waals surface area contributed by atoms with Crippen molar-refractivity contribution in [1.82, 2.24) is 4.90 Å². The summed E-state index contributed by atoms with van der Waals surface area (Å²) >= 11 is 5.97. The average Bonchev–Trinajstić information content (AvgIpc) is 2.74. The summed E-state index contributed by atoms with van der Waals surface area (Å²) in [7, 11) is 0. The van der Waals surface area contributed by atoms with Crippen LogP contribution in [-0.2, 0) is 11.3 Å². The van der Waals surface area contributed by atoms with E-state index in [0.717, 1.165) is 42.9 Å². The molecule has 0 amide bonds. The molecule has 0 bridgehead atoms. The Bertz CT molecular complexity index is 463. The Balaban J connectivity index is 2.03. The molecule has 1 atom stereocenters. The maximum absolute atomic E-state index is 11.5. The summed E-state index contributed by atoms with van der Waals surface area (Å²) in [5.74, 6) is -0.650. The third-order valence-corrected chi connectivity index (χ3v) is 4.15. The quantitative estimate of drug-likeness (QED) is 0.899. The van der Waals surface area contributed by atoms with E-state index in [1.165, 1.54) is 0 Å². The summed E-state index contributed by atoms with van der Waals surface area (Å²) in [6.07, 6.45) is 2.42. The molecule has 19 heavy (non-hydrogen) atoms. The second-order valence-electron chi connectivity index (χ2n) is 5.43. The second kappa shape index (κ2) is 5.93. The van der Waals surface area contributed by atoms with Crippen LogP contribution < -0.4 is 0 Å². The van der Waals surface area contributed by atoms with Crippen molar-refractivity contribution in [2.75, 3.05) is 13.1 Å². The van der Waals surface area contributed by atoms with Crippen LogP contribution in [-0.4, -0.2) is 29.1 Å². The van der Waals surface area contributed by atoms with Gasteiger partial charge in [-0.15, -0.1) is 0 Å². The van der Waals surface area contributed by atoms with Crippen LogP contribution >= 0.6 is 11.6 Å². The molecule has 1 aromatic rings. The van der Waals surface area contributed by atoms with Crippen molar-refractivity contribution in [3.63, 3.8) is 0 Å². The lowest BCUT2D eigenvalue weighted by molar-refractivity contribution is -0.148. The van der Waals surface area contributed by atoms with E-state index < -0.39 is 11.4 Å². The fourth-order valence-electron chi connectivity index (χ4n) is 2.95. The molecule has 4 heteroatoms. The molecular weight excluding hydrogens is 262 g/mol. The first-order chi connectivity index (χ1) is 9.05. The molecule has 1 fully saturated rings. The first-order valence-electron chi connectivity index (χ1n) is 6.76. The predicted octanol–water partition coefficient (Wildman–Crippen LogP) is 3.42. The molecule has 1 aromatic carbocycles. The summed E-state index contributed by atoms with van der Waals surface area (Å²) < 4.78 is 0. The fourth-order valence-corrected chi connectivity index (χ4v) is 3.16. The van der Waals surface area contributed by atoms with E-state index in [1.54, 1.807) is 0 Å². The standard InChI is InChI=1S/C15H20ClNO2/c1-2-6-15(14(18)19)7-8-17(11-15)10-12-4-3-5-13(16)9-12/h3-5,9H,2,6-8,10-11H2,1H3,(H,18,19). The Morgan fingerprint density at radius 1 is 1.53 bits per heavy atom. The van der Waals surface area contributed by atoms with Gasteiger partial charge in [-0.25, -0.2) is 0 Å². The third kappa shape index (κ3) is 3.28.